The molecule has 0 spiro atoms. The van der Waals surface area contributed by atoms with Crippen LogP contribution in [0.3, 0.4) is 0 Å². The van der Waals surface area contributed by atoms with E-state index >= 15 is 0 Å². The summed E-state index contributed by atoms with van der Waals surface area (Å²) in [5, 5.41) is 0.0375. The Hall–Kier alpha value is 0.170. The SMILES string of the molecule is [CH2]CCSC(=O)NSCC. The van der Waals surface area contributed by atoms with E-state index in [4.69, 9.17) is 0 Å². The van der Waals surface area contributed by atoms with Gasteiger partial charge in [-0.1, -0.05) is 37.6 Å². The standard InChI is InChI=1S/C6H12NOS2/c1-3-5-9-6(8)7-10-4-2/h1,3-5H2,2H3,(H,7,8). The Bertz CT molecular complexity index is 87.7. The van der Waals surface area contributed by atoms with Crippen LogP contribution in [0.25, 0.3) is 0 Å². The minimum Gasteiger partial charge on any atom is -0.291 e. The molecule has 1 amide bonds. The molecule has 2 nitrogen and oxygen atoms in total. The third kappa shape index (κ3) is 6.29. The lowest BCUT2D eigenvalue weighted by atomic mass is 10.6. The van der Waals surface area contributed by atoms with E-state index in [1.54, 1.807) is 0 Å². The average Bonchev–Trinajstić information content (AvgIpc) is 1.97. The molecule has 0 unspecified atom stereocenters. The summed E-state index contributed by atoms with van der Waals surface area (Å²) in [5.41, 5.74) is 0. The first-order valence-corrected chi connectivity index (χ1v) is 5.12. The fourth-order valence-corrected chi connectivity index (χ4v) is 1.33. The van der Waals surface area contributed by atoms with Crippen molar-refractivity contribution in [1.82, 2.24) is 4.72 Å². The van der Waals surface area contributed by atoms with Crippen molar-refractivity contribution in [3.8, 4) is 0 Å². The third-order valence-electron chi connectivity index (χ3n) is 0.677. The maximum absolute atomic E-state index is 10.8. The van der Waals surface area contributed by atoms with E-state index in [9.17, 15) is 4.79 Å². The molecule has 0 saturated carbocycles. The predicted octanol–water partition coefficient (Wildman–Crippen LogP) is 2.32. The van der Waals surface area contributed by atoms with E-state index in [-0.39, 0.29) is 5.24 Å². The molecular weight excluding hydrogens is 166 g/mol. The van der Waals surface area contributed by atoms with Gasteiger partial charge >= 0.3 is 0 Å². The van der Waals surface area contributed by atoms with Crippen molar-refractivity contribution in [2.45, 2.75) is 13.3 Å². The van der Waals surface area contributed by atoms with Gasteiger partial charge in [-0.2, -0.15) is 0 Å². The zero-order chi connectivity index (χ0) is 7.82. The number of nitrogens with one attached hydrogen (secondary N) is 1. The molecule has 0 fully saturated rings. The Kier molecular flexibility index (Phi) is 7.40. The molecule has 0 aromatic rings. The second-order valence-corrected chi connectivity index (χ2v) is 3.66. The van der Waals surface area contributed by atoms with Gasteiger partial charge in [-0.25, -0.2) is 0 Å². The van der Waals surface area contributed by atoms with Gasteiger partial charge in [0.2, 0.25) is 0 Å². The second kappa shape index (κ2) is 7.28. The van der Waals surface area contributed by atoms with Gasteiger partial charge in [0.05, 0.1) is 0 Å². The highest BCUT2D eigenvalue weighted by molar-refractivity contribution is 8.15. The normalized spacial score (nSPS) is 9.40. The van der Waals surface area contributed by atoms with Crippen molar-refractivity contribution in [2.75, 3.05) is 11.5 Å². The summed E-state index contributed by atoms with van der Waals surface area (Å²) >= 11 is 2.71. The molecule has 1 radical (unpaired) electrons. The van der Waals surface area contributed by atoms with E-state index in [2.05, 4.69) is 11.6 Å². The van der Waals surface area contributed by atoms with Crippen LogP contribution in [0, 0.1) is 6.92 Å². The molecule has 0 aliphatic rings. The van der Waals surface area contributed by atoms with E-state index in [1.165, 1.54) is 23.7 Å². The highest BCUT2D eigenvalue weighted by Gasteiger charge is 1.97. The molecule has 0 aliphatic carbocycles. The Morgan fingerprint density at radius 1 is 1.70 bits per heavy atom. The predicted molar refractivity (Wildman–Crippen MR) is 49.1 cm³/mol. The van der Waals surface area contributed by atoms with Gasteiger partial charge in [0, 0.05) is 11.5 Å². The molecule has 0 aromatic carbocycles. The maximum atomic E-state index is 10.8. The third-order valence-corrected chi connectivity index (χ3v) is 2.28. The van der Waals surface area contributed by atoms with Crippen molar-refractivity contribution >= 4 is 28.9 Å². The molecular formula is C6H12NOS2. The van der Waals surface area contributed by atoms with Crippen LogP contribution >= 0.6 is 23.7 Å². The quantitative estimate of drug-likeness (QED) is 0.670. The van der Waals surface area contributed by atoms with E-state index < -0.39 is 0 Å². The monoisotopic (exact) mass is 178 g/mol. The molecule has 0 bridgehead atoms. The van der Waals surface area contributed by atoms with Crippen molar-refractivity contribution in [2.24, 2.45) is 0 Å². The van der Waals surface area contributed by atoms with Crippen molar-refractivity contribution in [3.63, 3.8) is 0 Å². The molecule has 59 valence electrons. The van der Waals surface area contributed by atoms with E-state index in [0.717, 1.165) is 17.9 Å². The zero-order valence-corrected chi connectivity index (χ0v) is 7.69. The van der Waals surface area contributed by atoms with Crippen LogP contribution in [-0.4, -0.2) is 16.7 Å². The lowest BCUT2D eigenvalue weighted by Crippen LogP contribution is -2.09. The minimum atomic E-state index is 0.0375. The van der Waals surface area contributed by atoms with Crippen LogP contribution in [0.2, 0.25) is 0 Å². The van der Waals surface area contributed by atoms with Gasteiger partial charge in [-0.15, -0.1) is 0 Å². The molecule has 1 N–H and O–H groups in total. The molecule has 10 heavy (non-hydrogen) atoms. The van der Waals surface area contributed by atoms with Gasteiger partial charge in [0.1, 0.15) is 0 Å². The molecule has 0 aromatic heterocycles. The van der Waals surface area contributed by atoms with Gasteiger partial charge in [0.15, 0.2) is 0 Å². The Morgan fingerprint density at radius 2 is 2.40 bits per heavy atom. The number of rotatable bonds is 4. The summed E-state index contributed by atoms with van der Waals surface area (Å²) in [6.07, 6.45) is 0.800. The van der Waals surface area contributed by atoms with Crippen molar-refractivity contribution < 1.29 is 4.79 Å². The summed E-state index contributed by atoms with van der Waals surface area (Å²) in [4.78, 5) is 10.8. The van der Waals surface area contributed by atoms with Crippen LogP contribution in [0.15, 0.2) is 0 Å². The van der Waals surface area contributed by atoms with Crippen LogP contribution in [0.4, 0.5) is 4.79 Å². The van der Waals surface area contributed by atoms with E-state index in [0.29, 0.717) is 0 Å². The molecule has 0 heterocycles. The van der Waals surface area contributed by atoms with Gasteiger partial charge in [-0.05, 0) is 6.42 Å². The molecule has 0 rings (SSSR count). The summed E-state index contributed by atoms with van der Waals surface area (Å²) in [7, 11) is 0. The minimum absolute atomic E-state index is 0.0375. The number of carbonyl (C=O) groups excluding carboxylic acids is 1. The summed E-state index contributed by atoms with van der Waals surface area (Å²) < 4.78 is 2.68. The molecule has 0 aliphatic heterocycles. The highest BCUT2D eigenvalue weighted by Crippen LogP contribution is 2.05. The van der Waals surface area contributed by atoms with Gasteiger partial charge in [-0.3, -0.25) is 9.52 Å². The topological polar surface area (TPSA) is 29.1 Å². The first-order chi connectivity index (χ1) is 4.81. The molecule has 0 atom stereocenters. The zero-order valence-electron chi connectivity index (χ0n) is 6.05. The van der Waals surface area contributed by atoms with Crippen molar-refractivity contribution in [1.29, 1.82) is 0 Å². The summed E-state index contributed by atoms with van der Waals surface area (Å²) in [5.74, 6) is 1.72. The van der Waals surface area contributed by atoms with Crippen LogP contribution in [-0.2, 0) is 0 Å². The van der Waals surface area contributed by atoms with E-state index in [1.807, 2.05) is 6.92 Å². The van der Waals surface area contributed by atoms with Gasteiger partial charge < -0.3 is 0 Å². The number of amides is 1. The maximum Gasteiger partial charge on any atom is 0.288 e. The Labute approximate surface area is 70.7 Å². The lowest BCUT2D eigenvalue weighted by Gasteiger charge is -1.98. The molecule has 0 saturated heterocycles. The summed E-state index contributed by atoms with van der Waals surface area (Å²) in [6.45, 7) is 5.63. The second-order valence-electron chi connectivity index (χ2n) is 1.52. The largest absolute Gasteiger partial charge is 0.291 e. The lowest BCUT2D eigenvalue weighted by molar-refractivity contribution is 0.265. The Balaban J connectivity index is 3.09. The Morgan fingerprint density at radius 3 is 2.90 bits per heavy atom. The van der Waals surface area contributed by atoms with Crippen LogP contribution in [0.5, 0.6) is 0 Å². The smallest absolute Gasteiger partial charge is 0.288 e. The first-order valence-electron chi connectivity index (χ1n) is 3.15. The number of thioether (sulfide) groups is 1. The summed E-state index contributed by atoms with van der Waals surface area (Å²) in [6, 6.07) is 0. The molecule has 4 heteroatoms. The van der Waals surface area contributed by atoms with Crippen LogP contribution in [0.1, 0.15) is 13.3 Å². The van der Waals surface area contributed by atoms with Crippen molar-refractivity contribution in [3.05, 3.63) is 6.92 Å². The van der Waals surface area contributed by atoms with Gasteiger partial charge in [0.25, 0.3) is 5.24 Å². The number of hydrogen-bond acceptors (Lipinski definition) is 3. The number of hydrogen-bond donors (Lipinski definition) is 1. The fourth-order valence-electron chi connectivity index (χ4n) is 0.325. The first kappa shape index (κ1) is 10.2. The van der Waals surface area contributed by atoms with Crippen LogP contribution < -0.4 is 4.72 Å². The highest BCUT2D eigenvalue weighted by atomic mass is 32.2. The average molecular weight is 178 g/mol. The number of carbonyl (C=O) groups is 1. The fraction of sp³-hybridized carbons (Fsp3) is 0.667.